The van der Waals surface area contributed by atoms with Crippen LogP contribution in [0.25, 0.3) is 10.9 Å². The Morgan fingerprint density at radius 1 is 1.46 bits per heavy atom. The molecule has 0 atom stereocenters. The van der Waals surface area contributed by atoms with Crippen molar-refractivity contribution >= 4 is 23.6 Å². The van der Waals surface area contributed by atoms with Gasteiger partial charge < -0.3 is 10.0 Å². The van der Waals surface area contributed by atoms with Gasteiger partial charge in [0.25, 0.3) is 0 Å². The van der Waals surface area contributed by atoms with E-state index in [4.69, 9.17) is 10.0 Å². The summed E-state index contributed by atoms with van der Waals surface area (Å²) in [5.74, 6) is 0. The van der Waals surface area contributed by atoms with Gasteiger partial charge in [-0.25, -0.2) is 0 Å². The minimum Gasteiger partial charge on any atom is -0.422 e. The van der Waals surface area contributed by atoms with Crippen LogP contribution in [-0.2, 0) is 7.05 Å². The zero-order valence-corrected chi connectivity index (χ0v) is 7.05. The summed E-state index contributed by atoms with van der Waals surface area (Å²) in [5, 5.41) is 22.6. The number of pyridine rings is 1. The molecular weight excluding hydrogens is 169 g/mol. The van der Waals surface area contributed by atoms with Crippen LogP contribution in [0.4, 0.5) is 0 Å². The Labute approximate surface area is 74.8 Å². The van der Waals surface area contributed by atoms with E-state index in [9.17, 15) is 0 Å². The van der Waals surface area contributed by atoms with Crippen LogP contribution in [0.1, 0.15) is 0 Å². The normalized spacial score (nSPS) is 10.7. The molecule has 0 radical (unpaired) electrons. The van der Waals surface area contributed by atoms with E-state index in [1.807, 2.05) is 0 Å². The lowest BCUT2D eigenvalue weighted by Crippen LogP contribution is -2.32. The number of aryl methyl sites for hydroxylation is 1. The van der Waals surface area contributed by atoms with Gasteiger partial charge in [0.1, 0.15) is 5.59 Å². The molecule has 2 aromatic rings. The number of fused-ring (bicyclic) bond motifs is 1. The maximum atomic E-state index is 8.99. The quantitative estimate of drug-likeness (QED) is 0.528. The zero-order chi connectivity index (χ0) is 9.42. The van der Waals surface area contributed by atoms with Crippen LogP contribution in [0.5, 0.6) is 0 Å². The standard InChI is InChI=1S/C7H8BN3O2/c1-11-6-2-3-9-4-5(6)7(10-11)8(12)13/h2-4,12-13H,1H3. The number of hydrogen-bond acceptors (Lipinski definition) is 4. The van der Waals surface area contributed by atoms with Crippen LogP contribution in [0, 0.1) is 0 Å². The molecule has 0 saturated heterocycles. The molecule has 2 heterocycles. The van der Waals surface area contributed by atoms with Crippen LogP contribution >= 0.6 is 0 Å². The molecule has 13 heavy (non-hydrogen) atoms. The molecule has 2 rings (SSSR count). The highest BCUT2D eigenvalue weighted by atomic mass is 16.4. The molecule has 5 nitrogen and oxygen atoms in total. The van der Waals surface area contributed by atoms with E-state index in [1.54, 1.807) is 30.2 Å². The number of nitrogens with zero attached hydrogens (tertiary/aromatic N) is 3. The van der Waals surface area contributed by atoms with Crippen molar-refractivity contribution in [3.8, 4) is 0 Å². The van der Waals surface area contributed by atoms with E-state index in [1.165, 1.54) is 0 Å². The van der Waals surface area contributed by atoms with Gasteiger partial charge in [0.15, 0.2) is 0 Å². The Hall–Kier alpha value is -1.40. The molecule has 0 aliphatic carbocycles. The van der Waals surface area contributed by atoms with Crippen molar-refractivity contribution in [1.29, 1.82) is 0 Å². The first-order chi connectivity index (χ1) is 6.20. The second-order valence-electron chi connectivity index (χ2n) is 2.78. The monoisotopic (exact) mass is 177 g/mol. The van der Waals surface area contributed by atoms with Crippen molar-refractivity contribution in [2.45, 2.75) is 0 Å². The summed E-state index contributed by atoms with van der Waals surface area (Å²) in [6, 6.07) is 1.77. The fourth-order valence-corrected chi connectivity index (χ4v) is 1.33. The largest absolute Gasteiger partial charge is 0.510 e. The van der Waals surface area contributed by atoms with Crippen LogP contribution < -0.4 is 5.59 Å². The van der Waals surface area contributed by atoms with E-state index in [0.717, 1.165) is 5.52 Å². The maximum absolute atomic E-state index is 8.99. The molecule has 2 N–H and O–H groups in total. The van der Waals surface area contributed by atoms with Gasteiger partial charge in [0.05, 0.1) is 5.52 Å². The predicted molar refractivity (Wildman–Crippen MR) is 48.3 cm³/mol. The lowest BCUT2D eigenvalue weighted by atomic mass is 9.84. The third kappa shape index (κ3) is 1.20. The fraction of sp³-hybridized carbons (Fsp3) is 0.143. The summed E-state index contributed by atoms with van der Waals surface area (Å²) in [4.78, 5) is 3.89. The summed E-state index contributed by atoms with van der Waals surface area (Å²) in [6.07, 6.45) is 3.20. The van der Waals surface area contributed by atoms with Gasteiger partial charge >= 0.3 is 7.12 Å². The van der Waals surface area contributed by atoms with Gasteiger partial charge in [-0.1, -0.05) is 0 Å². The van der Waals surface area contributed by atoms with E-state index >= 15 is 0 Å². The van der Waals surface area contributed by atoms with E-state index < -0.39 is 7.12 Å². The molecule has 0 aromatic carbocycles. The van der Waals surface area contributed by atoms with Crippen molar-refractivity contribution in [3.05, 3.63) is 18.5 Å². The highest BCUT2D eigenvalue weighted by Gasteiger charge is 2.19. The second kappa shape index (κ2) is 2.83. The molecule has 0 fully saturated rings. The summed E-state index contributed by atoms with van der Waals surface area (Å²) < 4.78 is 1.59. The second-order valence-corrected chi connectivity index (χ2v) is 2.78. The molecule has 0 aliphatic heterocycles. The molecule has 0 bridgehead atoms. The predicted octanol–water partition coefficient (Wildman–Crippen LogP) is -1.35. The SMILES string of the molecule is Cn1nc(B(O)O)c2cnccc21. The molecule has 2 aromatic heterocycles. The van der Waals surface area contributed by atoms with E-state index in [0.29, 0.717) is 5.39 Å². The molecule has 0 unspecified atom stereocenters. The van der Waals surface area contributed by atoms with E-state index in [2.05, 4.69) is 10.1 Å². The van der Waals surface area contributed by atoms with Gasteiger partial charge in [-0.05, 0) is 6.07 Å². The maximum Gasteiger partial charge on any atom is 0.510 e. The third-order valence-electron chi connectivity index (χ3n) is 1.92. The molecule has 0 amide bonds. The van der Waals surface area contributed by atoms with Gasteiger partial charge in [0, 0.05) is 24.8 Å². The van der Waals surface area contributed by atoms with Crippen molar-refractivity contribution in [2.24, 2.45) is 7.05 Å². The van der Waals surface area contributed by atoms with E-state index in [-0.39, 0.29) is 5.59 Å². The average Bonchev–Trinajstić information content (AvgIpc) is 2.45. The molecule has 0 saturated carbocycles. The average molecular weight is 177 g/mol. The molecule has 66 valence electrons. The Kier molecular flexibility index (Phi) is 1.79. The van der Waals surface area contributed by atoms with Gasteiger partial charge in [-0.2, -0.15) is 5.10 Å². The molecular formula is C7H8BN3O2. The summed E-state index contributed by atoms with van der Waals surface area (Å²) in [7, 11) is 0.196. The highest BCUT2D eigenvalue weighted by Crippen LogP contribution is 2.07. The van der Waals surface area contributed by atoms with Crippen LogP contribution in [-0.4, -0.2) is 31.9 Å². The number of hydrogen-bond donors (Lipinski definition) is 2. The van der Waals surface area contributed by atoms with Crippen molar-refractivity contribution in [1.82, 2.24) is 14.8 Å². The topological polar surface area (TPSA) is 71.2 Å². The van der Waals surface area contributed by atoms with Crippen molar-refractivity contribution in [2.75, 3.05) is 0 Å². The van der Waals surface area contributed by atoms with Gasteiger partial charge in [-0.3, -0.25) is 9.67 Å². The Morgan fingerprint density at radius 2 is 2.23 bits per heavy atom. The van der Waals surface area contributed by atoms with Crippen LogP contribution in [0.15, 0.2) is 18.5 Å². The minimum atomic E-state index is -1.55. The van der Waals surface area contributed by atoms with Gasteiger partial charge in [0.2, 0.25) is 0 Å². The number of rotatable bonds is 1. The number of aromatic nitrogens is 3. The van der Waals surface area contributed by atoms with Crippen LogP contribution in [0.3, 0.4) is 0 Å². The Bertz CT molecular complexity index is 440. The summed E-state index contributed by atoms with van der Waals surface area (Å²) in [5.41, 5.74) is 1.07. The summed E-state index contributed by atoms with van der Waals surface area (Å²) in [6.45, 7) is 0. The lowest BCUT2D eigenvalue weighted by Gasteiger charge is -1.91. The molecule has 0 spiro atoms. The first kappa shape index (κ1) is 8.21. The molecule has 0 aliphatic rings. The first-order valence-corrected chi connectivity index (χ1v) is 3.83. The Morgan fingerprint density at radius 3 is 2.92 bits per heavy atom. The van der Waals surface area contributed by atoms with Crippen LogP contribution in [0.2, 0.25) is 0 Å². The first-order valence-electron chi connectivity index (χ1n) is 3.83. The zero-order valence-electron chi connectivity index (χ0n) is 7.05. The minimum absolute atomic E-state index is 0.241. The fourth-order valence-electron chi connectivity index (χ4n) is 1.33. The van der Waals surface area contributed by atoms with Crippen molar-refractivity contribution < 1.29 is 10.0 Å². The summed E-state index contributed by atoms with van der Waals surface area (Å²) >= 11 is 0. The lowest BCUT2D eigenvalue weighted by molar-refractivity contribution is 0.424. The van der Waals surface area contributed by atoms with Crippen molar-refractivity contribution in [3.63, 3.8) is 0 Å². The third-order valence-corrected chi connectivity index (χ3v) is 1.92. The highest BCUT2D eigenvalue weighted by molar-refractivity contribution is 6.60. The smallest absolute Gasteiger partial charge is 0.422 e. The Balaban J connectivity index is 2.78. The van der Waals surface area contributed by atoms with Gasteiger partial charge in [-0.15, -0.1) is 0 Å². The molecule has 6 heteroatoms.